The number of benzene rings is 2. The van der Waals surface area contributed by atoms with Gasteiger partial charge in [0.2, 0.25) is 5.91 Å². The van der Waals surface area contributed by atoms with E-state index in [2.05, 4.69) is 4.99 Å². The van der Waals surface area contributed by atoms with Crippen LogP contribution in [-0.2, 0) is 27.3 Å². The predicted molar refractivity (Wildman–Crippen MR) is 108 cm³/mol. The van der Waals surface area contributed by atoms with Crippen LogP contribution in [0.25, 0.3) is 10.2 Å². The third-order valence-corrected chi connectivity index (χ3v) is 5.21. The molecule has 0 aliphatic heterocycles. The standard InChI is InChI=1S/C21H22N2O4S/c1-3-27-19(25)14-23-20-16(26-2)10-7-11-17(20)28-21(23)22-18(24)13-12-15-8-5-4-6-9-15/h4-11H,3,12-14H2,1-2H3. The molecule has 0 saturated heterocycles. The molecule has 0 N–H and O–H groups in total. The number of methoxy groups -OCH3 is 1. The number of aryl methyl sites for hydroxylation is 1. The van der Waals surface area contributed by atoms with E-state index in [1.54, 1.807) is 18.6 Å². The molecule has 3 rings (SSSR count). The molecule has 0 spiro atoms. The van der Waals surface area contributed by atoms with Crippen molar-refractivity contribution in [3.05, 3.63) is 58.9 Å². The number of hydrogen-bond donors (Lipinski definition) is 0. The molecule has 0 atom stereocenters. The van der Waals surface area contributed by atoms with E-state index in [0.717, 1.165) is 15.8 Å². The Balaban J connectivity index is 1.95. The Bertz CT molecular complexity index is 1040. The molecule has 28 heavy (non-hydrogen) atoms. The lowest BCUT2D eigenvalue weighted by Gasteiger charge is -2.08. The molecule has 0 radical (unpaired) electrons. The molecular weight excluding hydrogens is 376 g/mol. The normalized spacial score (nSPS) is 11.6. The topological polar surface area (TPSA) is 69.9 Å². The summed E-state index contributed by atoms with van der Waals surface area (Å²) >= 11 is 1.35. The number of carbonyl (C=O) groups is 2. The van der Waals surface area contributed by atoms with Crippen molar-refractivity contribution >= 4 is 33.4 Å². The second-order valence-electron chi connectivity index (χ2n) is 6.07. The van der Waals surface area contributed by atoms with Crippen molar-refractivity contribution in [2.24, 2.45) is 4.99 Å². The molecule has 0 bridgehead atoms. The van der Waals surface area contributed by atoms with Gasteiger partial charge < -0.3 is 14.0 Å². The summed E-state index contributed by atoms with van der Waals surface area (Å²) in [5.41, 5.74) is 1.82. The lowest BCUT2D eigenvalue weighted by Crippen LogP contribution is -2.23. The van der Waals surface area contributed by atoms with Crippen LogP contribution in [0.2, 0.25) is 0 Å². The molecule has 0 saturated carbocycles. The van der Waals surface area contributed by atoms with Gasteiger partial charge in [-0.2, -0.15) is 4.99 Å². The zero-order valence-electron chi connectivity index (χ0n) is 15.9. The largest absolute Gasteiger partial charge is 0.495 e. The summed E-state index contributed by atoms with van der Waals surface area (Å²) in [4.78, 5) is 29.3. The van der Waals surface area contributed by atoms with Crippen molar-refractivity contribution in [3.63, 3.8) is 0 Å². The predicted octanol–water partition coefficient (Wildman–Crippen LogP) is 3.33. The maximum Gasteiger partial charge on any atom is 0.326 e. The average Bonchev–Trinajstić information content (AvgIpc) is 3.04. The maximum atomic E-state index is 12.5. The van der Waals surface area contributed by atoms with Gasteiger partial charge in [-0.15, -0.1) is 0 Å². The van der Waals surface area contributed by atoms with Gasteiger partial charge in [-0.1, -0.05) is 47.7 Å². The summed E-state index contributed by atoms with van der Waals surface area (Å²) in [7, 11) is 1.57. The van der Waals surface area contributed by atoms with E-state index in [0.29, 0.717) is 30.0 Å². The molecule has 0 fully saturated rings. The van der Waals surface area contributed by atoms with E-state index in [1.165, 1.54) is 11.3 Å². The van der Waals surface area contributed by atoms with Crippen LogP contribution in [0.1, 0.15) is 18.9 Å². The van der Waals surface area contributed by atoms with Crippen molar-refractivity contribution in [1.82, 2.24) is 4.57 Å². The summed E-state index contributed by atoms with van der Waals surface area (Å²) in [5, 5.41) is 0. The number of rotatable bonds is 7. The van der Waals surface area contributed by atoms with Gasteiger partial charge in [0.25, 0.3) is 0 Å². The maximum absolute atomic E-state index is 12.5. The molecule has 1 heterocycles. The van der Waals surface area contributed by atoms with Crippen LogP contribution >= 0.6 is 11.3 Å². The number of esters is 1. The number of para-hydroxylation sites is 1. The number of aromatic nitrogens is 1. The van der Waals surface area contributed by atoms with Crippen molar-refractivity contribution < 1.29 is 19.1 Å². The lowest BCUT2D eigenvalue weighted by molar-refractivity contribution is -0.143. The third kappa shape index (κ3) is 4.67. The molecule has 0 unspecified atom stereocenters. The van der Waals surface area contributed by atoms with E-state index in [4.69, 9.17) is 9.47 Å². The fourth-order valence-corrected chi connectivity index (χ4v) is 3.95. The summed E-state index contributed by atoms with van der Waals surface area (Å²) in [6.45, 7) is 2.02. The van der Waals surface area contributed by atoms with Crippen LogP contribution in [0.4, 0.5) is 0 Å². The smallest absolute Gasteiger partial charge is 0.326 e. The summed E-state index contributed by atoms with van der Waals surface area (Å²) in [6.07, 6.45) is 0.921. The fourth-order valence-electron chi connectivity index (χ4n) is 2.89. The Morgan fingerprint density at radius 1 is 1.11 bits per heavy atom. The van der Waals surface area contributed by atoms with Gasteiger partial charge in [0.05, 0.1) is 18.4 Å². The summed E-state index contributed by atoms with van der Waals surface area (Å²) in [6, 6.07) is 15.4. The highest BCUT2D eigenvalue weighted by molar-refractivity contribution is 7.16. The number of carbonyl (C=O) groups excluding carboxylic acids is 2. The van der Waals surface area contributed by atoms with E-state index in [1.807, 2.05) is 48.5 Å². The van der Waals surface area contributed by atoms with Gasteiger partial charge in [0.1, 0.15) is 17.8 Å². The average molecular weight is 398 g/mol. The second kappa shape index (κ2) is 9.32. The van der Waals surface area contributed by atoms with Crippen molar-refractivity contribution in [3.8, 4) is 5.75 Å². The van der Waals surface area contributed by atoms with Crippen molar-refractivity contribution in [1.29, 1.82) is 0 Å². The number of nitrogens with zero attached hydrogens (tertiary/aromatic N) is 2. The number of hydrogen-bond acceptors (Lipinski definition) is 5. The molecule has 7 heteroatoms. The number of thiazole rings is 1. The van der Waals surface area contributed by atoms with Crippen LogP contribution in [0.3, 0.4) is 0 Å². The minimum absolute atomic E-state index is 0.0288. The molecular formula is C21H22N2O4S. The Kier molecular flexibility index (Phi) is 6.60. The van der Waals surface area contributed by atoms with Crippen LogP contribution in [0, 0.1) is 0 Å². The lowest BCUT2D eigenvalue weighted by atomic mass is 10.1. The van der Waals surface area contributed by atoms with Crippen LogP contribution < -0.4 is 9.54 Å². The van der Waals surface area contributed by atoms with E-state index in [-0.39, 0.29) is 18.4 Å². The molecule has 0 aliphatic carbocycles. The highest BCUT2D eigenvalue weighted by atomic mass is 32.1. The van der Waals surface area contributed by atoms with E-state index >= 15 is 0 Å². The molecule has 1 amide bonds. The first-order chi connectivity index (χ1) is 13.6. The fraction of sp³-hybridized carbons (Fsp3) is 0.286. The third-order valence-electron chi connectivity index (χ3n) is 4.17. The summed E-state index contributed by atoms with van der Waals surface area (Å²) in [5.74, 6) is 0.00880. The van der Waals surface area contributed by atoms with Crippen molar-refractivity contribution in [2.45, 2.75) is 26.3 Å². The SMILES string of the molecule is CCOC(=O)Cn1c(=NC(=O)CCc2ccccc2)sc2cccc(OC)c21. The van der Waals surface area contributed by atoms with Gasteiger partial charge >= 0.3 is 5.97 Å². The monoisotopic (exact) mass is 398 g/mol. The quantitative estimate of drug-likeness (QED) is 0.573. The van der Waals surface area contributed by atoms with E-state index in [9.17, 15) is 9.59 Å². The number of amides is 1. The van der Waals surface area contributed by atoms with Gasteiger partial charge in [0, 0.05) is 6.42 Å². The Hall–Kier alpha value is -2.93. The highest BCUT2D eigenvalue weighted by Gasteiger charge is 2.15. The highest BCUT2D eigenvalue weighted by Crippen LogP contribution is 2.27. The molecule has 146 valence electrons. The first-order valence-corrected chi connectivity index (χ1v) is 9.87. The first-order valence-electron chi connectivity index (χ1n) is 9.05. The van der Waals surface area contributed by atoms with Gasteiger partial charge in [-0.3, -0.25) is 9.59 Å². The molecule has 1 aromatic heterocycles. The Morgan fingerprint density at radius 3 is 2.61 bits per heavy atom. The molecule has 3 aromatic rings. The zero-order valence-corrected chi connectivity index (χ0v) is 16.7. The van der Waals surface area contributed by atoms with Gasteiger partial charge in [0.15, 0.2) is 4.80 Å². The Morgan fingerprint density at radius 2 is 1.89 bits per heavy atom. The van der Waals surface area contributed by atoms with Crippen LogP contribution in [0.5, 0.6) is 5.75 Å². The van der Waals surface area contributed by atoms with Gasteiger partial charge in [-0.25, -0.2) is 0 Å². The minimum Gasteiger partial charge on any atom is -0.495 e. The van der Waals surface area contributed by atoms with Crippen LogP contribution in [-0.4, -0.2) is 30.2 Å². The minimum atomic E-state index is -0.383. The van der Waals surface area contributed by atoms with Crippen LogP contribution in [0.15, 0.2) is 53.5 Å². The second-order valence-corrected chi connectivity index (χ2v) is 7.08. The Labute approximate surface area is 167 Å². The first kappa shape index (κ1) is 19.8. The molecule has 2 aromatic carbocycles. The molecule has 0 aliphatic rings. The van der Waals surface area contributed by atoms with E-state index < -0.39 is 0 Å². The number of ether oxygens (including phenoxy) is 2. The number of fused-ring (bicyclic) bond motifs is 1. The van der Waals surface area contributed by atoms with Crippen molar-refractivity contribution in [2.75, 3.05) is 13.7 Å². The van der Waals surface area contributed by atoms with Gasteiger partial charge in [-0.05, 0) is 31.0 Å². The molecule has 6 nitrogen and oxygen atoms in total. The summed E-state index contributed by atoms with van der Waals surface area (Å²) < 4.78 is 13.1. The zero-order chi connectivity index (χ0) is 19.9.